The van der Waals surface area contributed by atoms with Crippen molar-refractivity contribution in [3.63, 3.8) is 0 Å². The Morgan fingerprint density at radius 1 is 1.00 bits per heavy atom. The molecule has 28 heavy (non-hydrogen) atoms. The minimum Gasteiger partial charge on any atom is -0.461 e. The molecule has 10 atom stereocenters. The van der Waals surface area contributed by atoms with Crippen LogP contribution in [-0.2, 0) is 14.3 Å². The van der Waals surface area contributed by atoms with Crippen molar-refractivity contribution < 1.29 is 29.6 Å². The van der Waals surface area contributed by atoms with Gasteiger partial charge in [-0.2, -0.15) is 0 Å². The van der Waals surface area contributed by atoms with Crippen molar-refractivity contribution >= 4 is 11.8 Å². The Hall–Kier alpha value is -1.24. The SMILES string of the molecule is C=C[C@@H]1[C@H](O)[C@@H](C)C(=O)[C@H](C)C[C@H](C)[C@H](O)[C@@H](C)[C@H](O)[C@@H](C)C(=O)O[C@@H]1CC. The quantitative estimate of drug-likeness (QED) is 0.487. The van der Waals surface area contributed by atoms with Crippen molar-refractivity contribution in [1.82, 2.24) is 0 Å². The van der Waals surface area contributed by atoms with E-state index in [1.165, 1.54) is 6.08 Å². The molecule has 6 nitrogen and oxygen atoms in total. The van der Waals surface area contributed by atoms with E-state index in [4.69, 9.17) is 4.74 Å². The van der Waals surface area contributed by atoms with E-state index in [9.17, 15) is 24.9 Å². The summed E-state index contributed by atoms with van der Waals surface area (Å²) in [7, 11) is 0. The maximum absolute atomic E-state index is 12.9. The second-order valence-electron chi connectivity index (χ2n) is 8.62. The Morgan fingerprint density at radius 3 is 2.07 bits per heavy atom. The fourth-order valence-corrected chi connectivity index (χ4v) is 4.28. The van der Waals surface area contributed by atoms with Crippen molar-refractivity contribution in [1.29, 1.82) is 0 Å². The highest BCUT2D eigenvalue weighted by molar-refractivity contribution is 5.83. The molecule has 1 saturated heterocycles. The molecule has 1 aliphatic heterocycles. The predicted octanol–water partition coefficient (Wildman–Crippen LogP) is 2.35. The maximum Gasteiger partial charge on any atom is 0.311 e. The van der Waals surface area contributed by atoms with Crippen LogP contribution in [0.15, 0.2) is 12.7 Å². The number of aliphatic hydroxyl groups excluding tert-OH is 3. The lowest BCUT2D eigenvalue weighted by atomic mass is 9.76. The first-order valence-electron chi connectivity index (χ1n) is 10.4. The van der Waals surface area contributed by atoms with E-state index in [1.54, 1.807) is 27.7 Å². The lowest BCUT2D eigenvalue weighted by Gasteiger charge is -2.36. The standard InChI is InChI=1S/C22H38O6/c1-8-16-17(9-2)28-22(27)15(7)20(25)13(5)18(23)11(3)10-12(4)19(24)14(6)21(16)26/h8,11-18,20-21,23,25-26H,1,9-10H2,2-7H3/t11-,12+,13+,14-,15+,16-,17+,18-,20-,21+/m0/s1. The zero-order chi connectivity index (χ0) is 21.8. The maximum atomic E-state index is 12.9. The molecule has 3 N–H and O–H groups in total. The van der Waals surface area contributed by atoms with Crippen LogP contribution in [0.2, 0.25) is 0 Å². The zero-order valence-corrected chi connectivity index (χ0v) is 18.0. The lowest BCUT2D eigenvalue weighted by molar-refractivity contribution is -0.165. The molecule has 0 saturated carbocycles. The molecule has 0 aromatic carbocycles. The van der Waals surface area contributed by atoms with Gasteiger partial charge >= 0.3 is 5.97 Å². The average Bonchev–Trinajstić information content (AvgIpc) is 2.68. The van der Waals surface area contributed by atoms with E-state index < -0.39 is 54.1 Å². The van der Waals surface area contributed by atoms with E-state index in [2.05, 4.69) is 6.58 Å². The normalized spacial score (nSPS) is 44.5. The van der Waals surface area contributed by atoms with E-state index in [0.29, 0.717) is 12.8 Å². The fourth-order valence-electron chi connectivity index (χ4n) is 4.28. The monoisotopic (exact) mass is 398 g/mol. The summed E-state index contributed by atoms with van der Waals surface area (Å²) in [5.74, 6) is -3.92. The number of hydrogen-bond acceptors (Lipinski definition) is 6. The van der Waals surface area contributed by atoms with Gasteiger partial charge in [0.1, 0.15) is 11.9 Å². The van der Waals surface area contributed by atoms with Gasteiger partial charge in [-0.3, -0.25) is 9.59 Å². The summed E-state index contributed by atoms with van der Waals surface area (Å²) in [6.45, 7) is 14.2. The lowest BCUT2D eigenvalue weighted by Crippen LogP contribution is -2.45. The molecule has 0 aromatic rings. The third-order valence-electron chi connectivity index (χ3n) is 6.48. The molecule has 0 amide bonds. The van der Waals surface area contributed by atoms with E-state index in [-0.39, 0.29) is 17.6 Å². The number of rotatable bonds is 2. The second kappa shape index (κ2) is 10.5. The van der Waals surface area contributed by atoms with Gasteiger partial charge in [0, 0.05) is 23.7 Å². The summed E-state index contributed by atoms with van der Waals surface area (Å²) >= 11 is 0. The van der Waals surface area contributed by atoms with Crippen molar-refractivity contribution in [2.24, 2.45) is 35.5 Å². The topological polar surface area (TPSA) is 104 Å². The van der Waals surface area contributed by atoms with Gasteiger partial charge in [-0.15, -0.1) is 6.58 Å². The van der Waals surface area contributed by atoms with Gasteiger partial charge in [0.25, 0.3) is 0 Å². The Labute approximate surface area is 169 Å². The number of ether oxygens (including phenoxy) is 1. The molecule has 1 aliphatic rings. The zero-order valence-electron chi connectivity index (χ0n) is 18.0. The molecule has 6 heteroatoms. The smallest absolute Gasteiger partial charge is 0.311 e. The minimum absolute atomic E-state index is 0.0989. The number of hydrogen-bond donors (Lipinski definition) is 3. The van der Waals surface area contributed by atoms with Gasteiger partial charge in [0.05, 0.1) is 24.2 Å². The molecule has 0 unspecified atom stereocenters. The van der Waals surface area contributed by atoms with Gasteiger partial charge in [-0.1, -0.05) is 40.7 Å². The van der Waals surface area contributed by atoms with Crippen LogP contribution >= 0.6 is 0 Å². The van der Waals surface area contributed by atoms with E-state index in [1.807, 2.05) is 13.8 Å². The van der Waals surface area contributed by atoms with Gasteiger partial charge < -0.3 is 20.1 Å². The van der Waals surface area contributed by atoms with Crippen LogP contribution in [-0.4, -0.2) is 51.5 Å². The highest BCUT2D eigenvalue weighted by Gasteiger charge is 2.40. The van der Waals surface area contributed by atoms with Crippen molar-refractivity contribution in [3.05, 3.63) is 12.7 Å². The third kappa shape index (κ3) is 5.43. The summed E-state index contributed by atoms with van der Waals surface area (Å²) < 4.78 is 5.60. The van der Waals surface area contributed by atoms with E-state index in [0.717, 1.165) is 0 Å². The number of Topliss-reactive ketones (excluding diaryl/α,β-unsaturated/α-hetero) is 1. The second-order valence-corrected chi connectivity index (χ2v) is 8.62. The largest absolute Gasteiger partial charge is 0.461 e. The van der Waals surface area contributed by atoms with Gasteiger partial charge in [0.15, 0.2) is 0 Å². The van der Waals surface area contributed by atoms with Crippen LogP contribution in [0.4, 0.5) is 0 Å². The molecule has 1 fully saturated rings. The first-order valence-corrected chi connectivity index (χ1v) is 10.4. The molecule has 0 spiro atoms. The number of carbonyl (C=O) groups excluding carboxylic acids is 2. The predicted molar refractivity (Wildman–Crippen MR) is 107 cm³/mol. The highest BCUT2D eigenvalue weighted by Crippen LogP contribution is 2.31. The van der Waals surface area contributed by atoms with Gasteiger partial charge in [-0.05, 0) is 25.7 Å². The Kier molecular flexibility index (Phi) is 9.31. The van der Waals surface area contributed by atoms with Crippen molar-refractivity contribution in [3.8, 4) is 0 Å². The van der Waals surface area contributed by atoms with Gasteiger partial charge in [-0.25, -0.2) is 0 Å². The van der Waals surface area contributed by atoms with Crippen LogP contribution in [0, 0.1) is 35.5 Å². The molecular weight excluding hydrogens is 360 g/mol. The van der Waals surface area contributed by atoms with Crippen molar-refractivity contribution in [2.45, 2.75) is 78.8 Å². The van der Waals surface area contributed by atoms with Crippen LogP contribution < -0.4 is 0 Å². The number of cyclic esters (lactones) is 1. The summed E-state index contributed by atoms with van der Waals surface area (Å²) in [6.07, 6.45) is -1.23. The van der Waals surface area contributed by atoms with Crippen molar-refractivity contribution in [2.75, 3.05) is 0 Å². The molecule has 1 rings (SSSR count). The van der Waals surface area contributed by atoms with Gasteiger partial charge in [0.2, 0.25) is 0 Å². The summed E-state index contributed by atoms with van der Waals surface area (Å²) in [4.78, 5) is 25.5. The molecule has 0 bridgehead atoms. The van der Waals surface area contributed by atoms with Crippen LogP contribution in [0.3, 0.4) is 0 Å². The number of carbonyl (C=O) groups is 2. The van der Waals surface area contributed by atoms with E-state index >= 15 is 0 Å². The average molecular weight is 399 g/mol. The number of ketones is 1. The molecule has 162 valence electrons. The summed E-state index contributed by atoms with van der Waals surface area (Å²) in [5, 5.41) is 32.1. The molecule has 1 heterocycles. The number of aliphatic hydroxyl groups is 3. The molecule has 0 aliphatic carbocycles. The molecule has 0 aromatic heterocycles. The van der Waals surface area contributed by atoms with Crippen LogP contribution in [0.25, 0.3) is 0 Å². The van der Waals surface area contributed by atoms with Crippen LogP contribution in [0.5, 0.6) is 0 Å². The third-order valence-corrected chi connectivity index (χ3v) is 6.48. The summed E-state index contributed by atoms with van der Waals surface area (Å²) in [5.41, 5.74) is 0. The minimum atomic E-state index is -1.08. The Morgan fingerprint density at radius 2 is 1.57 bits per heavy atom. The summed E-state index contributed by atoms with van der Waals surface area (Å²) in [6, 6.07) is 0. The fraction of sp³-hybridized carbons (Fsp3) is 0.818. The number of esters is 1. The Balaban J connectivity index is 3.31. The van der Waals surface area contributed by atoms with Crippen LogP contribution in [0.1, 0.15) is 54.4 Å². The molecular formula is C22H38O6. The first-order chi connectivity index (χ1) is 13.0. The Bertz CT molecular complexity index is 547. The first kappa shape index (κ1) is 24.8. The molecule has 0 radical (unpaired) electrons. The highest BCUT2D eigenvalue weighted by atomic mass is 16.5.